The van der Waals surface area contributed by atoms with E-state index in [0.717, 1.165) is 28.0 Å². The standard InChI is InChI=1S/C17H16N4O2S/c18-17-20-14-2-1-11(8-15(14)24-17)7-12-10-19-16-9-13(23-6-5-22)3-4-21(12)16/h1-4,8-10,22H,5-7H2,(H2,18,20). The number of nitrogen functional groups attached to an aromatic ring is 1. The zero-order valence-electron chi connectivity index (χ0n) is 12.8. The normalized spacial score (nSPS) is 11.4. The average Bonchev–Trinajstić information content (AvgIpc) is 3.15. The third kappa shape index (κ3) is 2.79. The second-order valence-electron chi connectivity index (χ2n) is 5.44. The summed E-state index contributed by atoms with van der Waals surface area (Å²) in [7, 11) is 0. The number of anilines is 1. The second-order valence-corrected chi connectivity index (χ2v) is 6.51. The molecule has 122 valence electrons. The van der Waals surface area contributed by atoms with E-state index in [1.54, 1.807) is 0 Å². The summed E-state index contributed by atoms with van der Waals surface area (Å²) < 4.78 is 8.56. The van der Waals surface area contributed by atoms with E-state index in [9.17, 15) is 0 Å². The number of nitrogens with zero attached hydrogens (tertiary/aromatic N) is 3. The molecular weight excluding hydrogens is 324 g/mol. The molecule has 0 aliphatic heterocycles. The molecule has 24 heavy (non-hydrogen) atoms. The number of aromatic nitrogens is 3. The van der Waals surface area contributed by atoms with Crippen LogP contribution in [0.15, 0.2) is 42.7 Å². The summed E-state index contributed by atoms with van der Waals surface area (Å²) in [6.45, 7) is 0.275. The lowest BCUT2D eigenvalue weighted by atomic mass is 10.1. The maximum absolute atomic E-state index is 8.83. The molecule has 0 unspecified atom stereocenters. The van der Waals surface area contributed by atoms with E-state index in [-0.39, 0.29) is 13.2 Å². The van der Waals surface area contributed by atoms with Crippen molar-refractivity contribution in [3.05, 3.63) is 54.0 Å². The van der Waals surface area contributed by atoms with E-state index in [1.807, 2.05) is 35.0 Å². The molecule has 0 fully saturated rings. The van der Waals surface area contributed by atoms with Crippen LogP contribution in [0.1, 0.15) is 11.3 Å². The highest BCUT2D eigenvalue weighted by molar-refractivity contribution is 7.22. The van der Waals surface area contributed by atoms with Gasteiger partial charge < -0.3 is 20.0 Å². The van der Waals surface area contributed by atoms with Crippen LogP contribution in [0, 0.1) is 0 Å². The summed E-state index contributed by atoms with van der Waals surface area (Å²) in [4.78, 5) is 8.72. The lowest BCUT2D eigenvalue weighted by Gasteiger charge is -2.06. The number of imidazole rings is 1. The number of hydrogen-bond donors (Lipinski definition) is 2. The van der Waals surface area contributed by atoms with Crippen LogP contribution in [0.2, 0.25) is 0 Å². The molecule has 0 amide bonds. The van der Waals surface area contributed by atoms with Crippen molar-refractivity contribution in [2.24, 2.45) is 0 Å². The Bertz CT molecular complexity index is 1010. The minimum Gasteiger partial charge on any atom is -0.491 e. The molecule has 0 aliphatic carbocycles. The van der Waals surface area contributed by atoms with Crippen LogP contribution >= 0.6 is 11.3 Å². The van der Waals surface area contributed by atoms with Gasteiger partial charge in [-0.1, -0.05) is 17.4 Å². The Morgan fingerprint density at radius 1 is 1.25 bits per heavy atom. The highest BCUT2D eigenvalue weighted by Crippen LogP contribution is 2.26. The van der Waals surface area contributed by atoms with Gasteiger partial charge in [-0.15, -0.1) is 0 Å². The van der Waals surface area contributed by atoms with Crippen LogP contribution in [0.3, 0.4) is 0 Å². The van der Waals surface area contributed by atoms with Gasteiger partial charge in [0.05, 0.1) is 16.8 Å². The van der Waals surface area contributed by atoms with Crippen molar-refractivity contribution < 1.29 is 9.84 Å². The molecule has 1 aromatic carbocycles. The summed E-state index contributed by atoms with van der Waals surface area (Å²) in [5.41, 5.74) is 9.81. The molecule has 4 rings (SSSR count). The zero-order valence-corrected chi connectivity index (χ0v) is 13.7. The van der Waals surface area contributed by atoms with Crippen LogP contribution in [-0.2, 0) is 6.42 Å². The van der Waals surface area contributed by atoms with Crippen LogP contribution in [-0.4, -0.2) is 32.7 Å². The smallest absolute Gasteiger partial charge is 0.181 e. The van der Waals surface area contributed by atoms with Gasteiger partial charge in [-0.05, 0) is 23.8 Å². The van der Waals surface area contributed by atoms with Crippen LogP contribution in [0.25, 0.3) is 15.9 Å². The highest BCUT2D eigenvalue weighted by atomic mass is 32.1. The van der Waals surface area contributed by atoms with Crippen molar-refractivity contribution in [3.8, 4) is 5.75 Å². The molecule has 0 saturated carbocycles. The van der Waals surface area contributed by atoms with E-state index in [4.69, 9.17) is 15.6 Å². The number of hydrogen-bond acceptors (Lipinski definition) is 6. The topological polar surface area (TPSA) is 85.7 Å². The van der Waals surface area contributed by atoms with E-state index in [0.29, 0.717) is 10.9 Å². The first-order valence-electron chi connectivity index (χ1n) is 7.57. The Labute approximate surface area is 142 Å². The van der Waals surface area contributed by atoms with Gasteiger partial charge in [-0.3, -0.25) is 0 Å². The van der Waals surface area contributed by atoms with Crippen LogP contribution < -0.4 is 10.5 Å². The van der Waals surface area contributed by atoms with Gasteiger partial charge in [-0.2, -0.15) is 0 Å². The lowest BCUT2D eigenvalue weighted by molar-refractivity contribution is 0.201. The molecule has 0 aliphatic rings. The molecule has 3 aromatic heterocycles. The van der Waals surface area contributed by atoms with E-state index < -0.39 is 0 Å². The quantitative estimate of drug-likeness (QED) is 0.583. The molecule has 7 heteroatoms. The molecule has 3 N–H and O–H groups in total. The predicted octanol–water partition coefficient (Wildman–Crippen LogP) is 2.49. The third-order valence-electron chi connectivity index (χ3n) is 3.78. The van der Waals surface area contributed by atoms with Gasteiger partial charge in [0, 0.05) is 30.6 Å². The fraction of sp³-hybridized carbons (Fsp3) is 0.176. The Morgan fingerprint density at radius 3 is 3.04 bits per heavy atom. The Morgan fingerprint density at radius 2 is 2.17 bits per heavy atom. The summed E-state index contributed by atoms with van der Waals surface area (Å²) in [5.74, 6) is 0.704. The van der Waals surface area contributed by atoms with Crippen molar-refractivity contribution >= 4 is 32.3 Å². The summed E-state index contributed by atoms with van der Waals surface area (Å²) in [5, 5.41) is 9.42. The SMILES string of the molecule is Nc1nc2ccc(Cc3cnc4cc(OCCO)ccn34)cc2s1. The number of aliphatic hydroxyl groups excluding tert-OH is 1. The molecule has 0 radical (unpaired) electrons. The third-order valence-corrected chi connectivity index (χ3v) is 4.62. The first-order valence-corrected chi connectivity index (χ1v) is 8.39. The first-order chi connectivity index (χ1) is 11.7. The lowest BCUT2D eigenvalue weighted by Crippen LogP contribution is -2.02. The Hall–Kier alpha value is -2.64. The molecule has 6 nitrogen and oxygen atoms in total. The molecule has 0 atom stereocenters. The number of ether oxygens (including phenoxy) is 1. The van der Waals surface area contributed by atoms with Gasteiger partial charge in [0.2, 0.25) is 0 Å². The molecule has 4 aromatic rings. The fourth-order valence-electron chi connectivity index (χ4n) is 2.70. The maximum Gasteiger partial charge on any atom is 0.181 e. The van der Waals surface area contributed by atoms with Gasteiger partial charge in [-0.25, -0.2) is 9.97 Å². The van der Waals surface area contributed by atoms with Gasteiger partial charge in [0.15, 0.2) is 5.13 Å². The fourth-order valence-corrected chi connectivity index (χ4v) is 3.50. The van der Waals surface area contributed by atoms with Crippen molar-refractivity contribution in [1.82, 2.24) is 14.4 Å². The number of pyridine rings is 1. The van der Waals surface area contributed by atoms with E-state index in [1.165, 1.54) is 16.9 Å². The van der Waals surface area contributed by atoms with Crippen molar-refractivity contribution in [1.29, 1.82) is 0 Å². The van der Waals surface area contributed by atoms with Crippen LogP contribution in [0.5, 0.6) is 5.75 Å². The van der Waals surface area contributed by atoms with Gasteiger partial charge >= 0.3 is 0 Å². The summed E-state index contributed by atoms with van der Waals surface area (Å²) in [6, 6.07) is 9.94. The maximum atomic E-state index is 8.83. The molecule has 0 bridgehead atoms. The number of benzene rings is 1. The molecule has 0 spiro atoms. The predicted molar refractivity (Wildman–Crippen MR) is 94.6 cm³/mol. The van der Waals surface area contributed by atoms with Crippen molar-refractivity contribution in [3.63, 3.8) is 0 Å². The number of nitrogens with two attached hydrogens (primary N) is 1. The number of rotatable bonds is 5. The van der Waals surface area contributed by atoms with Crippen LogP contribution in [0.4, 0.5) is 5.13 Å². The number of fused-ring (bicyclic) bond motifs is 2. The minimum absolute atomic E-state index is 0.00452. The Balaban J connectivity index is 1.63. The molecule has 0 saturated heterocycles. The summed E-state index contributed by atoms with van der Waals surface area (Å²) >= 11 is 1.50. The highest BCUT2D eigenvalue weighted by Gasteiger charge is 2.08. The summed E-state index contributed by atoms with van der Waals surface area (Å²) in [6.07, 6.45) is 4.58. The van der Waals surface area contributed by atoms with Gasteiger partial charge in [0.25, 0.3) is 0 Å². The van der Waals surface area contributed by atoms with Crippen molar-refractivity contribution in [2.75, 3.05) is 18.9 Å². The molecule has 3 heterocycles. The molecular formula is C17H16N4O2S. The number of thiazole rings is 1. The Kier molecular flexibility index (Phi) is 3.79. The zero-order chi connectivity index (χ0) is 16.5. The van der Waals surface area contributed by atoms with Gasteiger partial charge in [0.1, 0.15) is 18.0 Å². The van der Waals surface area contributed by atoms with E-state index in [2.05, 4.69) is 22.1 Å². The number of aliphatic hydroxyl groups is 1. The average molecular weight is 340 g/mol. The van der Waals surface area contributed by atoms with Crippen molar-refractivity contribution in [2.45, 2.75) is 6.42 Å². The second kappa shape index (κ2) is 6.10. The monoisotopic (exact) mass is 340 g/mol. The minimum atomic E-state index is -0.00452. The largest absolute Gasteiger partial charge is 0.491 e. The first kappa shape index (κ1) is 14.9. The van der Waals surface area contributed by atoms with E-state index >= 15 is 0 Å².